The van der Waals surface area contributed by atoms with E-state index >= 15 is 0 Å². The van der Waals surface area contributed by atoms with Crippen molar-refractivity contribution in [3.63, 3.8) is 0 Å². The van der Waals surface area contributed by atoms with E-state index in [4.69, 9.17) is 9.15 Å². The Kier molecular flexibility index (Phi) is 6.11. The van der Waals surface area contributed by atoms with Gasteiger partial charge in [-0.3, -0.25) is 9.59 Å². The van der Waals surface area contributed by atoms with Gasteiger partial charge in [-0.2, -0.15) is 0 Å². The molecule has 0 fully saturated rings. The number of hydrogen-bond donors (Lipinski definition) is 2. The molecule has 0 spiro atoms. The molecule has 0 aliphatic heterocycles. The second-order valence-electron chi connectivity index (χ2n) is 6.36. The van der Waals surface area contributed by atoms with Crippen molar-refractivity contribution in [2.75, 3.05) is 13.7 Å². The summed E-state index contributed by atoms with van der Waals surface area (Å²) in [6, 6.07) is 16.0. The summed E-state index contributed by atoms with van der Waals surface area (Å²) in [5.41, 5.74) is 1.61. The molecule has 0 aliphatic rings. The maximum Gasteiger partial charge on any atom is 0.310 e. The molecule has 6 nitrogen and oxygen atoms in total. The Morgan fingerprint density at radius 3 is 2.64 bits per heavy atom. The Hall–Kier alpha value is -3.54. The van der Waals surface area contributed by atoms with Crippen LogP contribution in [0.4, 0.5) is 0 Å². The summed E-state index contributed by atoms with van der Waals surface area (Å²) in [7, 11) is 1.31. The van der Waals surface area contributed by atoms with Crippen LogP contribution in [0.3, 0.4) is 0 Å². The fourth-order valence-electron chi connectivity index (χ4n) is 2.85. The number of carbonyl (C=O) groups excluding carboxylic acids is 2. The molecule has 0 saturated carbocycles. The van der Waals surface area contributed by atoms with E-state index in [1.165, 1.54) is 13.2 Å². The Bertz CT molecular complexity index is 955. The third-order valence-corrected chi connectivity index (χ3v) is 4.32. The van der Waals surface area contributed by atoms with Crippen LogP contribution in [0.1, 0.15) is 11.3 Å². The molecular weight excluding hydrogens is 358 g/mol. The van der Waals surface area contributed by atoms with E-state index in [0.717, 1.165) is 16.5 Å². The van der Waals surface area contributed by atoms with Crippen LogP contribution >= 0.6 is 0 Å². The molecule has 1 aromatic heterocycles. The van der Waals surface area contributed by atoms with Crippen LogP contribution in [0.15, 0.2) is 65.1 Å². The van der Waals surface area contributed by atoms with Gasteiger partial charge >= 0.3 is 5.97 Å². The number of phenols is 1. The van der Waals surface area contributed by atoms with Crippen LogP contribution < -0.4 is 5.32 Å². The number of ether oxygens (including phenoxy) is 1. The first-order chi connectivity index (χ1) is 13.5. The minimum atomic E-state index is -0.530. The van der Waals surface area contributed by atoms with Crippen molar-refractivity contribution in [1.82, 2.24) is 5.32 Å². The Morgan fingerprint density at radius 1 is 1.18 bits per heavy atom. The van der Waals surface area contributed by atoms with Crippen molar-refractivity contribution in [2.45, 2.75) is 6.42 Å². The molecule has 1 atom stereocenters. The van der Waals surface area contributed by atoms with Crippen molar-refractivity contribution in [3.05, 3.63) is 72.0 Å². The molecule has 1 unspecified atom stereocenters. The van der Waals surface area contributed by atoms with Crippen LogP contribution in [0, 0.1) is 5.92 Å². The average Bonchev–Trinajstić information content (AvgIpc) is 3.13. The molecule has 0 bridgehead atoms. The number of rotatable bonds is 7. The largest absolute Gasteiger partial charge is 0.508 e. The summed E-state index contributed by atoms with van der Waals surface area (Å²) in [5, 5.41) is 13.0. The van der Waals surface area contributed by atoms with Gasteiger partial charge in [0.25, 0.3) is 0 Å². The lowest BCUT2D eigenvalue weighted by atomic mass is 9.99. The number of carbonyl (C=O) groups is 2. The number of para-hydroxylation sites is 1. The van der Waals surface area contributed by atoms with Crippen molar-refractivity contribution in [2.24, 2.45) is 5.92 Å². The van der Waals surface area contributed by atoms with E-state index in [1.807, 2.05) is 30.3 Å². The second-order valence-corrected chi connectivity index (χ2v) is 6.36. The summed E-state index contributed by atoms with van der Waals surface area (Å²) in [5.74, 6) is -0.542. The smallest absolute Gasteiger partial charge is 0.310 e. The molecule has 0 radical (unpaired) electrons. The molecule has 0 saturated heterocycles. The van der Waals surface area contributed by atoms with Crippen LogP contribution in [0.2, 0.25) is 0 Å². The highest BCUT2D eigenvalue weighted by atomic mass is 16.5. The monoisotopic (exact) mass is 379 g/mol. The van der Waals surface area contributed by atoms with Gasteiger partial charge < -0.3 is 19.6 Å². The van der Waals surface area contributed by atoms with Gasteiger partial charge in [0.05, 0.1) is 13.0 Å². The number of phenolic OH excluding ortho intramolecular Hbond substituents is 1. The van der Waals surface area contributed by atoms with E-state index in [2.05, 4.69) is 5.32 Å². The first-order valence-electron chi connectivity index (χ1n) is 8.85. The number of nitrogens with one attached hydrogen (secondary N) is 1. The molecule has 6 heteroatoms. The first-order valence-corrected chi connectivity index (χ1v) is 8.85. The molecule has 0 aliphatic carbocycles. The van der Waals surface area contributed by atoms with Gasteiger partial charge in [-0.15, -0.1) is 0 Å². The van der Waals surface area contributed by atoms with Crippen LogP contribution in [0.25, 0.3) is 17.0 Å². The maximum absolute atomic E-state index is 12.1. The highest BCUT2D eigenvalue weighted by molar-refractivity contribution is 5.92. The van der Waals surface area contributed by atoms with E-state index in [0.29, 0.717) is 12.2 Å². The van der Waals surface area contributed by atoms with E-state index in [9.17, 15) is 14.7 Å². The number of furan rings is 1. The lowest BCUT2D eigenvalue weighted by Crippen LogP contribution is -2.33. The summed E-state index contributed by atoms with van der Waals surface area (Å²) < 4.78 is 10.5. The summed E-state index contributed by atoms with van der Waals surface area (Å²) in [6.07, 6.45) is 3.34. The Morgan fingerprint density at radius 2 is 1.93 bits per heavy atom. The number of esters is 1. The summed E-state index contributed by atoms with van der Waals surface area (Å²) in [4.78, 5) is 24.1. The third-order valence-electron chi connectivity index (χ3n) is 4.32. The first kappa shape index (κ1) is 19.2. The Balaban J connectivity index is 1.59. The van der Waals surface area contributed by atoms with E-state index in [1.54, 1.807) is 30.3 Å². The van der Waals surface area contributed by atoms with E-state index in [-0.39, 0.29) is 18.2 Å². The zero-order valence-corrected chi connectivity index (χ0v) is 15.4. The minimum Gasteiger partial charge on any atom is -0.508 e. The number of aromatic hydroxyl groups is 1. The van der Waals surface area contributed by atoms with Gasteiger partial charge in [-0.25, -0.2) is 0 Å². The van der Waals surface area contributed by atoms with Crippen molar-refractivity contribution in [1.29, 1.82) is 0 Å². The highest BCUT2D eigenvalue weighted by Crippen LogP contribution is 2.19. The summed E-state index contributed by atoms with van der Waals surface area (Å²) >= 11 is 0. The molecule has 3 rings (SSSR count). The summed E-state index contributed by atoms with van der Waals surface area (Å²) in [6.45, 7) is 0.136. The van der Waals surface area contributed by atoms with Gasteiger partial charge in [0.2, 0.25) is 5.91 Å². The van der Waals surface area contributed by atoms with E-state index < -0.39 is 11.9 Å². The molecule has 28 heavy (non-hydrogen) atoms. The van der Waals surface area contributed by atoms with Gasteiger partial charge in [0.1, 0.15) is 17.1 Å². The Labute approximate surface area is 162 Å². The molecular formula is C22H21NO5. The predicted octanol–water partition coefficient (Wildman–Crippen LogP) is 3.30. The number of amides is 1. The normalized spacial score (nSPS) is 12.2. The molecule has 1 heterocycles. The number of fused-ring (bicyclic) bond motifs is 1. The average molecular weight is 379 g/mol. The predicted molar refractivity (Wildman–Crippen MR) is 106 cm³/mol. The number of hydrogen-bond acceptors (Lipinski definition) is 5. The second kappa shape index (κ2) is 8.90. The van der Waals surface area contributed by atoms with Crippen LogP contribution in [0.5, 0.6) is 5.75 Å². The van der Waals surface area contributed by atoms with Gasteiger partial charge in [-0.05, 0) is 42.3 Å². The molecule has 3 aromatic rings. The zero-order chi connectivity index (χ0) is 19.9. The highest BCUT2D eigenvalue weighted by Gasteiger charge is 2.20. The minimum absolute atomic E-state index is 0.136. The van der Waals surface area contributed by atoms with Gasteiger partial charge in [0, 0.05) is 18.0 Å². The van der Waals surface area contributed by atoms with Crippen molar-refractivity contribution < 1.29 is 23.8 Å². The third kappa shape index (κ3) is 5.01. The SMILES string of the molecule is COC(=O)C(CNC(=O)/C=C/c1cc2ccccc2o1)Cc1ccc(O)cc1. The molecule has 144 valence electrons. The molecule has 2 aromatic carbocycles. The maximum atomic E-state index is 12.1. The van der Waals surface area contributed by atoms with Crippen molar-refractivity contribution >= 4 is 28.9 Å². The number of methoxy groups -OCH3 is 1. The van der Waals surface area contributed by atoms with Crippen LogP contribution in [-0.2, 0) is 20.7 Å². The standard InChI is InChI=1S/C22H21NO5/c1-27-22(26)17(12-15-6-8-18(24)9-7-15)14-23-21(25)11-10-19-13-16-4-2-3-5-20(16)28-19/h2-11,13,17,24H,12,14H2,1H3,(H,23,25)/b11-10+. The number of benzene rings is 2. The van der Waals surface area contributed by atoms with Crippen molar-refractivity contribution in [3.8, 4) is 5.75 Å². The topological polar surface area (TPSA) is 88.8 Å². The fraction of sp³-hybridized carbons (Fsp3) is 0.182. The van der Waals surface area contributed by atoms with Gasteiger partial charge in [0.15, 0.2) is 0 Å². The molecule has 2 N–H and O–H groups in total. The quantitative estimate of drug-likeness (QED) is 0.486. The zero-order valence-electron chi connectivity index (χ0n) is 15.4. The molecule has 1 amide bonds. The van der Waals surface area contributed by atoms with Gasteiger partial charge in [-0.1, -0.05) is 30.3 Å². The van der Waals surface area contributed by atoms with Crippen LogP contribution in [-0.4, -0.2) is 30.6 Å². The lowest BCUT2D eigenvalue weighted by molar-refractivity contribution is -0.145. The lowest BCUT2D eigenvalue weighted by Gasteiger charge is -2.15. The fourth-order valence-corrected chi connectivity index (χ4v) is 2.85.